The highest BCUT2D eigenvalue weighted by molar-refractivity contribution is 6.07. The van der Waals surface area contributed by atoms with Crippen molar-refractivity contribution in [3.8, 4) is 0 Å². The van der Waals surface area contributed by atoms with Crippen molar-refractivity contribution >= 4 is 17.8 Å². The van der Waals surface area contributed by atoms with Gasteiger partial charge in [-0.2, -0.15) is 0 Å². The number of carbonyl (C=O) groups is 3. The van der Waals surface area contributed by atoms with Crippen molar-refractivity contribution in [1.82, 2.24) is 15.5 Å². The molecule has 0 unspecified atom stereocenters. The number of nitrogens with one attached hydrogen (secondary N) is 2. The van der Waals surface area contributed by atoms with Gasteiger partial charge in [0.05, 0.1) is 6.54 Å². The first kappa shape index (κ1) is 16.5. The minimum Gasteiger partial charge on any atom is -0.340 e. The fraction of sp³-hybridized carbons (Fsp3) is 0.500. The summed E-state index contributed by atoms with van der Waals surface area (Å²) < 4.78 is 0. The number of nitrogens with zero attached hydrogens (tertiary/aromatic N) is 1. The van der Waals surface area contributed by atoms with Crippen LogP contribution in [0.25, 0.3) is 0 Å². The zero-order valence-electron chi connectivity index (χ0n) is 14.1. The van der Waals surface area contributed by atoms with E-state index in [1.165, 1.54) is 5.56 Å². The first-order valence-corrected chi connectivity index (χ1v) is 8.41. The summed E-state index contributed by atoms with van der Waals surface area (Å²) in [6.07, 6.45) is 1.77. The summed E-state index contributed by atoms with van der Waals surface area (Å²) in [5.41, 5.74) is 1.43. The number of rotatable bonds is 4. The van der Waals surface area contributed by atoms with Gasteiger partial charge in [0.15, 0.2) is 0 Å². The lowest BCUT2D eigenvalue weighted by molar-refractivity contribution is -0.131. The van der Waals surface area contributed by atoms with Gasteiger partial charge in [-0.05, 0) is 31.2 Å². The predicted octanol–water partition coefficient (Wildman–Crippen LogP) is 1.69. The monoisotopic (exact) mass is 329 g/mol. The van der Waals surface area contributed by atoms with Crippen molar-refractivity contribution in [1.29, 1.82) is 0 Å². The van der Waals surface area contributed by atoms with Gasteiger partial charge in [-0.15, -0.1) is 0 Å². The fourth-order valence-corrected chi connectivity index (χ4v) is 3.51. The van der Waals surface area contributed by atoms with Crippen LogP contribution >= 0.6 is 0 Å². The maximum atomic E-state index is 12.7. The molecule has 2 aliphatic rings. The second-order valence-corrected chi connectivity index (χ2v) is 6.78. The largest absolute Gasteiger partial charge is 0.340 e. The Balaban J connectivity index is 1.65. The molecule has 6 nitrogen and oxygen atoms in total. The number of urea groups is 1. The van der Waals surface area contributed by atoms with Gasteiger partial charge in [0.2, 0.25) is 5.91 Å². The molecule has 2 saturated heterocycles. The molecule has 0 radical (unpaired) electrons. The number of carbonyl (C=O) groups excluding carboxylic acids is 3. The van der Waals surface area contributed by atoms with Crippen LogP contribution in [-0.2, 0) is 9.59 Å². The Morgan fingerprint density at radius 3 is 2.58 bits per heavy atom. The van der Waals surface area contributed by atoms with Gasteiger partial charge < -0.3 is 10.2 Å². The molecule has 0 bridgehead atoms. The van der Waals surface area contributed by atoms with E-state index in [-0.39, 0.29) is 24.3 Å². The first-order valence-electron chi connectivity index (χ1n) is 8.41. The number of hydrogen-bond acceptors (Lipinski definition) is 3. The maximum Gasteiger partial charge on any atom is 0.322 e. The molecule has 1 aromatic rings. The molecule has 1 aromatic carbocycles. The summed E-state index contributed by atoms with van der Waals surface area (Å²) >= 11 is 0. The number of hydrogen-bond donors (Lipinski definition) is 2. The minimum atomic E-state index is -0.932. The van der Waals surface area contributed by atoms with Gasteiger partial charge in [-0.25, -0.2) is 4.79 Å². The normalized spacial score (nSPS) is 24.2. The summed E-state index contributed by atoms with van der Waals surface area (Å²) in [6.45, 7) is 4.87. The van der Waals surface area contributed by atoms with Crippen LogP contribution in [-0.4, -0.2) is 41.4 Å². The van der Waals surface area contributed by atoms with E-state index in [9.17, 15) is 14.4 Å². The van der Waals surface area contributed by atoms with E-state index in [0.29, 0.717) is 19.4 Å². The first-order chi connectivity index (χ1) is 11.4. The Hall–Kier alpha value is -2.37. The summed E-state index contributed by atoms with van der Waals surface area (Å²) in [5, 5.41) is 4.94. The quantitative estimate of drug-likeness (QED) is 0.825. The van der Waals surface area contributed by atoms with Gasteiger partial charge >= 0.3 is 6.03 Å². The highest BCUT2D eigenvalue weighted by atomic mass is 16.2. The lowest BCUT2D eigenvalue weighted by Crippen LogP contribution is -2.49. The number of amides is 4. The third-order valence-electron chi connectivity index (χ3n) is 5.10. The molecule has 0 saturated carbocycles. The summed E-state index contributed by atoms with van der Waals surface area (Å²) in [6, 6.07) is 7.80. The number of aryl methyl sites for hydroxylation is 1. The van der Waals surface area contributed by atoms with Crippen molar-refractivity contribution in [2.75, 3.05) is 13.1 Å². The molecule has 4 amide bonds. The van der Waals surface area contributed by atoms with Gasteiger partial charge in [-0.1, -0.05) is 36.8 Å². The molecule has 0 aliphatic carbocycles. The van der Waals surface area contributed by atoms with Crippen molar-refractivity contribution in [3.63, 3.8) is 0 Å². The standard InChI is InChI=1S/C18H23N3O3/c1-3-13(14-6-4-12(2)5-7-14)10-15(22)21-9-8-18(11-21)16(23)19-17(24)20-18/h4-7,13H,3,8-11H2,1-2H3,(H2,19,20,23,24)/t13-,18-/m1/s1. The molecular weight excluding hydrogens is 306 g/mol. The highest BCUT2D eigenvalue weighted by Gasteiger charge is 2.51. The Bertz CT molecular complexity index is 671. The second-order valence-electron chi connectivity index (χ2n) is 6.78. The van der Waals surface area contributed by atoms with E-state index < -0.39 is 11.6 Å². The maximum absolute atomic E-state index is 12.7. The van der Waals surface area contributed by atoms with Crippen LogP contribution in [0.2, 0.25) is 0 Å². The highest BCUT2D eigenvalue weighted by Crippen LogP contribution is 2.29. The molecule has 1 spiro atoms. The number of imide groups is 1. The Morgan fingerprint density at radius 2 is 2.00 bits per heavy atom. The lowest BCUT2D eigenvalue weighted by atomic mass is 9.92. The zero-order chi connectivity index (χ0) is 17.3. The van der Waals surface area contributed by atoms with Gasteiger partial charge in [0.25, 0.3) is 5.91 Å². The summed E-state index contributed by atoms with van der Waals surface area (Å²) in [4.78, 5) is 37.7. The summed E-state index contributed by atoms with van der Waals surface area (Å²) in [7, 11) is 0. The van der Waals surface area contributed by atoms with E-state index in [2.05, 4.69) is 41.8 Å². The van der Waals surface area contributed by atoms with E-state index in [1.807, 2.05) is 6.92 Å². The minimum absolute atomic E-state index is 0.0354. The van der Waals surface area contributed by atoms with Crippen LogP contribution in [0.15, 0.2) is 24.3 Å². The molecule has 6 heteroatoms. The second kappa shape index (κ2) is 6.26. The zero-order valence-corrected chi connectivity index (χ0v) is 14.1. The van der Waals surface area contributed by atoms with E-state index in [1.54, 1.807) is 4.90 Å². The Labute approximate surface area is 141 Å². The average molecular weight is 329 g/mol. The molecule has 2 fully saturated rings. The third kappa shape index (κ3) is 3.00. The summed E-state index contributed by atoms with van der Waals surface area (Å²) in [5.74, 6) is -0.122. The van der Waals surface area contributed by atoms with Gasteiger partial charge in [-0.3, -0.25) is 14.9 Å². The Morgan fingerprint density at radius 1 is 1.29 bits per heavy atom. The molecule has 128 valence electrons. The average Bonchev–Trinajstić information content (AvgIpc) is 3.10. The molecule has 0 aromatic heterocycles. The molecule has 3 rings (SSSR count). The SMILES string of the molecule is CC[C@H](CC(=O)N1CC[C@]2(C1)NC(=O)NC2=O)c1ccc(C)cc1. The number of likely N-dealkylation sites (tertiary alicyclic amines) is 1. The molecular formula is C18H23N3O3. The lowest BCUT2D eigenvalue weighted by Gasteiger charge is -2.23. The van der Waals surface area contributed by atoms with Gasteiger partial charge in [0, 0.05) is 13.0 Å². The molecule has 2 atom stereocenters. The fourth-order valence-electron chi connectivity index (χ4n) is 3.51. The van der Waals surface area contributed by atoms with Crippen LogP contribution < -0.4 is 10.6 Å². The molecule has 2 N–H and O–H groups in total. The van der Waals surface area contributed by atoms with Crippen LogP contribution in [0.5, 0.6) is 0 Å². The molecule has 24 heavy (non-hydrogen) atoms. The smallest absolute Gasteiger partial charge is 0.322 e. The van der Waals surface area contributed by atoms with E-state index >= 15 is 0 Å². The van der Waals surface area contributed by atoms with Crippen LogP contribution in [0.3, 0.4) is 0 Å². The van der Waals surface area contributed by atoms with Crippen molar-refractivity contribution in [3.05, 3.63) is 35.4 Å². The molecule has 2 heterocycles. The van der Waals surface area contributed by atoms with Crippen LogP contribution in [0.1, 0.15) is 43.2 Å². The van der Waals surface area contributed by atoms with E-state index in [4.69, 9.17) is 0 Å². The van der Waals surface area contributed by atoms with Gasteiger partial charge in [0.1, 0.15) is 5.54 Å². The molecule has 2 aliphatic heterocycles. The predicted molar refractivity (Wildman–Crippen MR) is 89.4 cm³/mol. The number of benzene rings is 1. The van der Waals surface area contributed by atoms with Crippen LogP contribution in [0.4, 0.5) is 4.79 Å². The van der Waals surface area contributed by atoms with Crippen molar-refractivity contribution < 1.29 is 14.4 Å². The topological polar surface area (TPSA) is 78.5 Å². The van der Waals surface area contributed by atoms with E-state index in [0.717, 1.165) is 12.0 Å². The van der Waals surface area contributed by atoms with Crippen molar-refractivity contribution in [2.45, 2.75) is 44.6 Å². The van der Waals surface area contributed by atoms with Crippen molar-refractivity contribution in [2.24, 2.45) is 0 Å². The van der Waals surface area contributed by atoms with Crippen LogP contribution in [0, 0.1) is 6.92 Å². The third-order valence-corrected chi connectivity index (χ3v) is 5.10. The Kier molecular flexibility index (Phi) is 4.30.